The highest BCUT2D eigenvalue weighted by Crippen LogP contribution is 2.34. The van der Waals surface area contributed by atoms with Crippen molar-refractivity contribution in [3.63, 3.8) is 0 Å². The molecule has 0 saturated heterocycles. The molecule has 1 rings (SSSR count). The number of esters is 1. The van der Waals surface area contributed by atoms with Gasteiger partial charge in [-0.2, -0.15) is 13.2 Å². The second-order valence-corrected chi connectivity index (χ2v) is 4.16. The molecule has 0 heterocycles. The number of para-hydroxylation sites is 1. The van der Waals surface area contributed by atoms with Crippen molar-refractivity contribution in [2.75, 3.05) is 19.0 Å². The summed E-state index contributed by atoms with van der Waals surface area (Å²) in [4.78, 5) is 11.2. The summed E-state index contributed by atoms with van der Waals surface area (Å²) in [6.45, 7) is 0.759. The highest BCUT2D eigenvalue weighted by molar-refractivity contribution is 5.79. The molecule has 0 aliphatic rings. The van der Waals surface area contributed by atoms with E-state index < -0.39 is 29.9 Å². The number of halogens is 3. The highest BCUT2D eigenvalue weighted by Gasteiger charge is 2.35. The Kier molecular flexibility index (Phi) is 4.41. The fraction of sp³-hybridized carbons (Fsp3) is 0.417. The Hall–Kier alpha value is -1.76. The van der Waals surface area contributed by atoms with Crippen LogP contribution in [-0.4, -0.2) is 30.3 Å². The lowest BCUT2D eigenvalue weighted by Gasteiger charge is -2.22. The highest BCUT2D eigenvalue weighted by atomic mass is 19.4. The fourth-order valence-electron chi connectivity index (χ4n) is 1.44. The molecule has 1 atom stereocenters. The molecule has 0 aliphatic carbocycles. The van der Waals surface area contributed by atoms with Crippen LogP contribution in [0, 0.1) is 0 Å². The van der Waals surface area contributed by atoms with Gasteiger partial charge in [-0.05, 0) is 19.1 Å². The molecule has 0 radical (unpaired) electrons. The molecular formula is C12H14F3NO3. The van der Waals surface area contributed by atoms with Gasteiger partial charge in [0.1, 0.15) is 0 Å². The molecule has 0 aliphatic heterocycles. The number of methoxy groups -OCH3 is 1. The molecule has 0 saturated carbocycles. The number of hydrogen-bond acceptors (Lipinski definition) is 4. The van der Waals surface area contributed by atoms with Gasteiger partial charge in [0.25, 0.3) is 0 Å². The molecule has 1 aromatic rings. The second-order valence-electron chi connectivity index (χ2n) is 4.16. The van der Waals surface area contributed by atoms with E-state index in [2.05, 4.69) is 10.1 Å². The van der Waals surface area contributed by atoms with Gasteiger partial charge in [-0.15, -0.1) is 0 Å². The lowest BCUT2D eigenvalue weighted by molar-refractivity contribution is -0.158. The molecule has 106 valence electrons. The molecule has 0 fully saturated rings. The van der Waals surface area contributed by atoms with E-state index in [1.54, 1.807) is 0 Å². The molecule has 1 unspecified atom stereocenters. The van der Waals surface area contributed by atoms with Crippen LogP contribution < -0.4 is 5.32 Å². The van der Waals surface area contributed by atoms with Crippen LogP contribution in [0.25, 0.3) is 0 Å². The maximum atomic E-state index is 12.7. The van der Waals surface area contributed by atoms with Crippen molar-refractivity contribution in [2.45, 2.75) is 18.7 Å². The van der Waals surface area contributed by atoms with E-state index in [0.29, 0.717) is 0 Å². The fourth-order valence-corrected chi connectivity index (χ4v) is 1.44. The van der Waals surface area contributed by atoms with Crippen LogP contribution in [0.15, 0.2) is 24.3 Å². The van der Waals surface area contributed by atoms with Crippen LogP contribution in [0.1, 0.15) is 12.5 Å². The van der Waals surface area contributed by atoms with Gasteiger partial charge in [0.05, 0.1) is 19.2 Å². The average molecular weight is 277 g/mol. The predicted molar refractivity (Wildman–Crippen MR) is 62.6 cm³/mol. The number of ether oxygens (including phenoxy) is 1. The van der Waals surface area contributed by atoms with Crippen LogP contribution in [0.5, 0.6) is 0 Å². The smallest absolute Gasteiger partial charge is 0.418 e. The number of hydrogen-bond donors (Lipinski definition) is 2. The summed E-state index contributed by atoms with van der Waals surface area (Å²) in [7, 11) is 1.08. The molecule has 4 nitrogen and oxygen atoms in total. The third kappa shape index (κ3) is 3.85. The maximum absolute atomic E-state index is 12.7. The lowest BCUT2D eigenvalue weighted by Crippen LogP contribution is -2.43. The summed E-state index contributed by atoms with van der Waals surface area (Å²) in [5, 5.41) is 12.1. The minimum atomic E-state index is -4.51. The zero-order valence-electron chi connectivity index (χ0n) is 10.4. The first-order valence-electron chi connectivity index (χ1n) is 5.39. The predicted octanol–water partition coefficient (Wildman–Crippen LogP) is 2.04. The number of rotatable bonds is 4. The molecule has 0 aromatic heterocycles. The number of carbonyl (C=O) groups excluding carboxylic acids is 1. The Bertz CT molecular complexity index is 458. The van der Waals surface area contributed by atoms with Crippen molar-refractivity contribution in [3.05, 3.63) is 29.8 Å². The van der Waals surface area contributed by atoms with E-state index in [1.807, 2.05) is 0 Å². The minimum Gasteiger partial charge on any atom is -0.467 e. The molecule has 2 N–H and O–H groups in total. The summed E-state index contributed by atoms with van der Waals surface area (Å²) < 4.78 is 42.4. The summed E-state index contributed by atoms with van der Waals surface area (Å²) in [6, 6.07) is 4.81. The first-order valence-corrected chi connectivity index (χ1v) is 5.39. The van der Waals surface area contributed by atoms with E-state index >= 15 is 0 Å². The van der Waals surface area contributed by atoms with E-state index in [-0.39, 0.29) is 5.69 Å². The molecule has 0 bridgehead atoms. The van der Waals surface area contributed by atoms with Gasteiger partial charge in [0.2, 0.25) is 0 Å². The molecular weight excluding hydrogens is 263 g/mol. The molecule has 19 heavy (non-hydrogen) atoms. The van der Waals surface area contributed by atoms with E-state index in [1.165, 1.54) is 18.2 Å². The van der Waals surface area contributed by atoms with Gasteiger partial charge >= 0.3 is 12.1 Å². The Labute approximate surface area is 108 Å². The normalized spacial score (nSPS) is 14.6. The van der Waals surface area contributed by atoms with E-state index in [9.17, 15) is 23.1 Å². The SMILES string of the molecule is COC(=O)C(C)(O)CNc1ccccc1C(F)(F)F. The van der Waals surface area contributed by atoms with Crippen LogP contribution in [0.2, 0.25) is 0 Å². The molecule has 7 heteroatoms. The molecule has 0 amide bonds. The monoisotopic (exact) mass is 277 g/mol. The average Bonchev–Trinajstić information content (AvgIpc) is 2.34. The van der Waals surface area contributed by atoms with Gasteiger partial charge in [0, 0.05) is 5.69 Å². The first-order chi connectivity index (χ1) is 8.68. The molecule has 1 aromatic carbocycles. The van der Waals surface area contributed by atoms with Gasteiger partial charge in [-0.25, -0.2) is 4.79 Å². The molecule has 0 spiro atoms. The van der Waals surface area contributed by atoms with Crippen molar-refractivity contribution in [1.82, 2.24) is 0 Å². The second kappa shape index (κ2) is 5.48. The summed E-state index contributed by atoms with van der Waals surface area (Å²) in [6.07, 6.45) is -4.51. The quantitative estimate of drug-likeness (QED) is 0.827. The first kappa shape index (κ1) is 15.3. The van der Waals surface area contributed by atoms with Crippen molar-refractivity contribution < 1.29 is 27.8 Å². The largest absolute Gasteiger partial charge is 0.467 e. The number of aliphatic hydroxyl groups is 1. The van der Waals surface area contributed by atoms with Crippen LogP contribution in [-0.2, 0) is 15.7 Å². The minimum absolute atomic E-state index is 0.209. The Balaban J connectivity index is 2.87. The lowest BCUT2D eigenvalue weighted by atomic mass is 10.1. The zero-order chi connectivity index (χ0) is 14.7. The Morgan fingerprint density at radius 3 is 2.47 bits per heavy atom. The van der Waals surface area contributed by atoms with Crippen molar-refractivity contribution in [2.24, 2.45) is 0 Å². The third-order valence-corrected chi connectivity index (χ3v) is 2.48. The Morgan fingerprint density at radius 2 is 1.95 bits per heavy atom. The van der Waals surface area contributed by atoms with Crippen molar-refractivity contribution in [1.29, 1.82) is 0 Å². The summed E-state index contributed by atoms with van der Waals surface area (Å²) >= 11 is 0. The van der Waals surface area contributed by atoms with E-state index in [4.69, 9.17) is 0 Å². The van der Waals surface area contributed by atoms with Gasteiger partial charge in [-0.3, -0.25) is 0 Å². The summed E-state index contributed by atoms with van der Waals surface area (Å²) in [5.41, 5.74) is -2.98. The van der Waals surface area contributed by atoms with Gasteiger partial charge < -0.3 is 15.2 Å². The van der Waals surface area contributed by atoms with Gasteiger partial charge in [-0.1, -0.05) is 12.1 Å². The zero-order valence-corrected chi connectivity index (χ0v) is 10.4. The number of carbonyl (C=O) groups is 1. The van der Waals surface area contributed by atoms with Gasteiger partial charge in [0.15, 0.2) is 5.60 Å². The number of alkyl halides is 3. The number of anilines is 1. The number of nitrogens with one attached hydrogen (secondary N) is 1. The van der Waals surface area contributed by atoms with E-state index in [0.717, 1.165) is 20.1 Å². The maximum Gasteiger partial charge on any atom is 0.418 e. The topological polar surface area (TPSA) is 58.6 Å². The Morgan fingerprint density at radius 1 is 1.37 bits per heavy atom. The standard InChI is InChI=1S/C12H14F3NO3/c1-11(18,10(17)19-2)7-16-9-6-4-3-5-8(9)12(13,14)15/h3-6,16,18H,7H2,1-2H3. The van der Waals surface area contributed by atoms with Crippen LogP contribution in [0.3, 0.4) is 0 Å². The third-order valence-electron chi connectivity index (χ3n) is 2.48. The number of benzene rings is 1. The van der Waals surface area contributed by atoms with Crippen LogP contribution in [0.4, 0.5) is 18.9 Å². The van der Waals surface area contributed by atoms with Crippen LogP contribution >= 0.6 is 0 Å². The summed E-state index contributed by atoms with van der Waals surface area (Å²) in [5.74, 6) is -0.926. The van der Waals surface area contributed by atoms with Crippen molar-refractivity contribution in [3.8, 4) is 0 Å². The van der Waals surface area contributed by atoms with Crippen molar-refractivity contribution >= 4 is 11.7 Å².